The molecule has 0 aliphatic carbocycles. The van der Waals surface area contributed by atoms with Gasteiger partial charge in [0.2, 0.25) is 0 Å². The third-order valence-electron chi connectivity index (χ3n) is 2.79. The van der Waals surface area contributed by atoms with Crippen LogP contribution in [-0.4, -0.2) is 22.4 Å². The Bertz CT molecular complexity index is 584. The van der Waals surface area contributed by atoms with Crippen LogP contribution in [-0.2, 0) is 0 Å². The molecule has 0 aliphatic heterocycles. The second-order valence-electron chi connectivity index (χ2n) is 4.49. The van der Waals surface area contributed by atoms with Crippen molar-refractivity contribution in [2.24, 2.45) is 0 Å². The van der Waals surface area contributed by atoms with Crippen LogP contribution in [0.3, 0.4) is 0 Å². The van der Waals surface area contributed by atoms with Gasteiger partial charge in [-0.05, 0) is 31.5 Å². The fourth-order valence-electron chi connectivity index (χ4n) is 1.78. The van der Waals surface area contributed by atoms with Crippen LogP contribution < -0.4 is 10.6 Å². The van der Waals surface area contributed by atoms with Crippen LogP contribution in [0, 0.1) is 6.92 Å². The highest BCUT2D eigenvalue weighted by Gasteiger charge is 2.12. The minimum atomic E-state index is -0.178. The lowest BCUT2D eigenvalue weighted by atomic mass is 10.2. The quantitative estimate of drug-likeness (QED) is 0.876. The normalized spacial score (nSPS) is 10.1. The van der Waals surface area contributed by atoms with Crippen molar-refractivity contribution in [1.29, 1.82) is 0 Å². The number of aromatic nitrogens is 2. The summed E-state index contributed by atoms with van der Waals surface area (Å²) in [4.78, 5) is 20.4. The molecule has 2 rings (SSSR count). The summed E-state index contributed by atoms with van der Waals surface area (Å²) in [6.45, 7) is 4.80. The predicted molar refractivity (Wildman–Crippen MR) is 79.9 cm³/mol. The third kappa shape index (κ3) is 3.54. The molecule has 2 aromatic rings. The van der Waals surface area contributed by atoms with Crippen LogP contribution in [0.4, 0.5) is 11.4 Å². The molecular weight excluding hydrogens is 252 g/mol. The summed E-state index contributed by atoms with van der Waals surface area (Å²) in [6.07, 6.45) is 5.87. The second-order valence-corrected chi connectivity index (χ2v) is 4.49. The number of hydrogen-bond donors (Lipinski definition) is 2. The first-order valence-corrected chi connectivity index (χ1v) is 6.62. The average molecular weight is 270 g/mol. The summed E-state index contributed by atoms with van der Waals surface area (Å²) >= 11 is 0. The molecule has 20 heavy (non-hydrogen) atoms. The molecule has 0 radical (unpaired) electrons. The van der Waals surface area contributed by atoms with Gasteiger partial charge in [0.1, 0.15) is 0 Å². The van der Waals surface area contributed by atoms with Crippen molar-refractivity contribution >= 4 is 17.3 Å². The minimum Gasteiger partial charge on any atom is -0.384 e. The second kappa shape index (κ2) is 6.65. The van der Waals surface area contributed by atoms with Crippen molar-refractivity contribution in [3.05, 3.63) is 48.0 Å². The SMILES string of the molecule is CCCNc1cc(C)ncc1C(=O)Nc1ccncc1. The molecule has 0 atom stereocenters. The maximum Gasteiger partial charge on any atom is 0.259 e. The van der Waals surface area contributed by atoms with E-state index in [9.17, 15) is 4.79 Å². The van der Waals surface area contributed by atoms with Gasteiger partial charge in [0.05, 0.1) is 11.3 Å². The molecule has 2 aromatic heterocycles. The number of rotatable bonds is 5. The van der Waals surface area contributed by atoms with Gasteiger partial charge in [0, 0.05) is 36.5 Å². The summed E-state index contributed by atoms with van der Waals surface area (Å²) in [5, 5.41) is 6.09. The lowest BCUT2D eigenvalue weighted by Crippen LogP contribution is -2.16. The van der Waals surface area contributed by atoms with E-state index in [0.29, 0.717) is 11.3 Å². The molecule has 0 bridgehead atoms. The van der Waals surface area contributed by atoms with E-state index in [0.717, 1.165) is 24.3 Å². The number of nitrogens with one attached hydrogen (secondary N) is 2. The summed E-state index contributed by atoms with van der Waals surface area (Å²) < 4.78 is 0. The number of carbonyl (C=O) groups is 1. The Kier molecular flexibility index (Phi) is 4.65. The highest BCUT2D eigenvalue weighted by molar-refractivity contribution is 6.07. The Hall–Kier alpha value is -2.43. The van der Waals surface area contributed by atoms with Crippen molar-refractivity contribution in [1.82, 2.24) is 9.97 Å². The van der Waals surface area contributed by atoms with E-state index in [1.54, 1.807) is 30.7 Å². The monoisotopic (exact) mass is 270 g/mol. The summed E-state index contributed by atoms with van der Waals surface area (Å²) in [5.74, 6) is -0.178. The van der Waals surface area contributed by atoms with Gasteiger partial charge in [0.25, 0.3) is 5.91 Å². The van der Waals surface area contributed by atoms with E-state index in [1.807, 2.05) is 13.0 Å². The predicted octanol–water partition coefficient (Wildman–Crippen LogP) is 2.86. The van der Waals surface area contributed by atoms with Crippen molar-refractivity contribution in [3.8, 4) is 0 Å². The molecule has 2 N–H and O–H groups in total. The van der Waals surface area contributed by atoms with Crippen LogP contribution in [0.2, 0.25) is 0 Å². The molecule has 0 aliphatic rings. The topological polar surface area (TPSA) is 66.9 Å². The van der Waals surface area contributed by atoms with Gasteiger partial charge in [-0.2, -0.15) is 0 Å². The summed E-state index contributed by atoms with van der Waals surface area (Å²) in [5.41, 5.74) is 2.95. The molecule has 5 nitrogen and oxygen atoms in total. The van der Waals surface area contributed by atoms with Crippen LogP contribution in [0.15, 0.2) is 36.8 Å². The molecule has 0 fully saturated rings. The highest BCUT2D eigenvalue weighted by Crippen LogP contribution is 2.17. The Morgan fingerprint density at radius 1 is 1.30 bits per heavy atom. The standard InChI is InChI=1S/C15H18N4O/c1-3-6-17-14-9-11(2)18-10-13(14)15(20)19-12-4-7-16-8-5-12/h4-5,7-10H,3,6H2,1-2H3,(H,17,18)(H,16,19,20). The fraction of sp³-hybridized carbons (Fsp3) is 0.267. The Labute approximate surface area is 118 Å². The van der Waals surface area contributed by atoms with Gasteiger partial charge in [-0.15, -0.1) is 0 Å². The Morgan fingerprint density at radius 3 is 2.75 bits per heavy atom. The molecule has 0 unspecified atom stereocenters. The van der Waals surface area contributed by atoms with Gasteiger partial charge in [-0.25, -0.2) is 0 Å². The average Bonchev–Trinajstić information content (AvgIpc) is 2.46. The third-order valence-corrected chi connectivity index (χ3v) is 2.79. The molecule has 1 amide bonds. The molecule has 2 heterocycles. The first-order chi connectivity index (χ1) is 9.70. The first kappa shape index (κ1) is 14.0. The van der Waals surface area contributed by atoms with Gasteiger partial charge in [-0.1, -0.05) is 6.92 Å². The van der Waals surface area contributed by atoms with Crippen molar-refractivity contribution < 1.29 is 4.79 Å². The molecule has 0 saturated heterocycles. The smallest absolute Gasteiger partial charge is 0.259 e. The zero-order valence-electron chi connectivity index (χ0n) is 11.7. The maximum atomic E-state index is 12.3. The number of nitrogens with zero attached hydrogens (tertiary/aromatic N) is 2. The van der Waals surface area contributed by atoms with E-state index in [2.05, 4.69) is 27.5 Å². The number of pyridine rings is 2. The fourth-order valence-corrected chi connectivity index (χ4v) is 1.78. The number of anilines is 2. The lowest BCUT2D eigenvalue weighted by molar-refractivity contribution is 0.102. The molecular formula is C15H18N4O. The maximum absolute atomic E-state index is 12.3. The highest BCUT2D eigenvalue weighted by atomic mass is 16.1. The van der Waals surface area contributed by atoms with E-state index in [-0.39, 0.29) is 5.91 Å². The van der Waals surface area contributed by atoms with Crippen molar-refractivity contribution in [2.75, 3.05) is 17.2 Å². The van der Waals surface area contributed by atoms with Gasteiger partial charge >= 0.3 is 0 Å². The van der Waals surface area contributed by atoms with E-state index in [4.69, 9.17) is 0 Å². The van der Waals surface area contributed by atoms with E-state index < -0.39 is 0 Å². The Morgan fingerprint density at radius 2 is 2.05 bits per heavy atom. The number of amides is 1. The van der Waals surface area contributed by atoms with Crippen LogP contribution in [0.1, 0.15) is 29.4 Å². The number of hydrogen-bond acceptors (Lipinski definition) is 4. The van der Waals surface area contributed by atoms with Crippen molar-refractivity contribution in [3.63, 3.8) is 0 Å². The van der Waals surface area contributed by atoms with Gasteiger partial charge in [0.15, 0.2) is 0 Å². The number of carbonyl (C=O) groups excluding carboxylic acids is 1. The number of aryl methyl sites for hydroxylation is 1. The molecule has 5 heteroatoms. The largest absolute Gasteiger partial charge is 0.384 e. The van der Waals surface area contributed by atoms with Crippen molar-refractivity contribution in [2.45, 2.75) is 20.3 Å². The first-order valence-electron chi connectivity index (χ1n) is 6.62. The van der Waals surface area contributed by atoms with E-state index >= 15 is 0 Å². The molecule has 0 aromatic carbocycles. The van der Waals surface area contributed by atoms with Gasteiger partial charge in [-0.3, -0.25) is 14.8 Å². The molecule has 0 spiro atoms. The lowest BCUT2D eigenvalue weighted by Gasteiger charge is -2.12. The van der Waals surface area contributed by atoms with Crippen LogP contribution in [0.5, 0.6) is 0 Å². The summed E-state index contributed by atoms with van der Waals surface area (Å²) in [7, 11) is 0. The van der Waals surface area contributed by atoms with Crippen LogP contribution in [0.25, 0.3) is 0 Å². The summed E-state index contributed by atoms with van der Waals surface area (Å²) in [6, 6.07) is 5.38. The minimum absolute atomic E-state index is 0.178. The molecule has 0 saturated carbocycles. The molecule has 104 valence electrons. The van der Waals surface area contributed by atoms with Crippen LogP contribution >= 0.6 is 0 Å². The van der Waals surface area contributed by atoms with Gasteiger partial charge < -0.3 is 10.6 Å². The zero-order valence-corrected chi connectivity index (χ0v) is 11.7. The Balaban J connectivity index is 2.20. The van der Waals surface area contributed by atoms with E-state index in [1.165, 1.54) is 0 Å². The zero-order chi connectivity index (χ0) is 14.4.